The van der Waals surface area contributed by atoms with E-state index < -0.39 is 5.91 Å². The Bertz CT molecular complexity index is 1390. The Hall–Kier alpha value is -3.94. The number of amides is 1. The van der Waals surface area contributed by atoms with Crippen LogP contribution < -0.4 is 20.6 Å². The number of anilines is 3. The van der Waals surface area contributed by atoms with E-state index in [1.165, 1.54) is 12.4 Å². The summed E-state index contributed by atoms with van der Waals surface area (Å²) in [5.41, 5.74) is 3.46. The quantitative estimate of drug-likeness (QED) is 0.244. The van der Waals surface area contributed by atoms with Crippen molar-refractivity contribution in [3.05, 3.63) is 47.2 Å². The van der Waals surface area contributed by atoms with Crippen molar-refractivity contribution in [2.75, 3.05) is 55.5 Å². The zero-order valence-electron chi connectivity index (χ0n) is 20.7. The molecule has 0 bridgehead atoms. The third-order valence-electron chi connectivity index (χ3n) is 6.27. The summed E-state index contributed by atoms with van der Waals surface area (Å²) in [4.78, 5) is 39.7. The van der Waals surface area contributed by atoms with E-state index in [2.05, 4.69) is 38.2 Å². The Morgan fingerprint density at radius 2 is 1.92 bits per heavy atom. The number of hydrogen-bond acceptors (Lipinski definition) is 12. The van der Waals surface area contributed by atoms with Gasteiger partial charge in [0.25, 0.3) is 5.91 Å². The fourth-order valence-corrected chi connectivity index (χ4v) is 5.19. The number of morpholine rings is 1. The number of pyridine rings is 1. The van der Waals surface area contributed by atoms with Crippen molar-refractivity contribution in [1.29, 1.82) is 0 Å². The van der Waals surface area contributed by atoms with Gasteiger partial charge in [0.05, 0.1) is 35.0 Å². The lowest BCUT2D eigenvalue weighted by Crippen LogP contribution is -2.36. The second kappa shape index (κ2) is 10.6. The molecule has 0 saturated carbocycles. The second-order valence-electron chi connectivity index (χ2n) is 8.52. The van der Waals surface area contributed by atoms with Gasteiger partial charge >= 0.3 is 0 Å². The summed E-state index contributed by atoms with van der Waals surface area (Å²) in [5, 5.41) is 11.8. The Morgan fingerprint density at radius 1 is 1.16 bits per heavy atom. The molecule has 1 aliphatic rings. The highest BCUT2D eigenvalue weighted by Gasteiger charge is 2.23. The minimum Gasteiger partial charge on any atom is -0.378 e. The topological polar surface area (TPSA) is 142 Å². The normalized spacial score (nSPS) is 14.4. The van der Waals surface area contributed by atoms with Gasteiger partial charge in [-0.2, -0.15) is 0 Å². The molecule has 0 aromatic carbocycles. The van der Waals surface area contributed by atoms with Crippen LogP contribution in [0.5, 0.6) is 0 Å². The van der Waals surface area contributed by atoms with Crippen molar-refractivity contribution in [1.82, 2.24) is 30.4 Å². The number of hydroxylamine groups is 1. The third-order valence-corrected chi connectivity index (χ3v) is 7.56. The van der Waals surface area contributed by atoms with Gasteiger partial charge in [0.15, 0.2) is 11.6 Å². The molecule has 1 fully saturated rings. The number of nitrogens with zero attached hydrogens (tertiary/aromatic N) is 7. The van der Waals surface area contributed by atoms with E-state index in [1.807, 2.05) is 31.1 Å². The highest BCUT2D eigenvalue weighted by molar-refractivity contribution is 7.19. The molecule has 37 heavy (non-hydrogen) atoms. The standard InChI is InChI=1S/C24H27N9O3S/c1-14(32(3)24-27-12-16(13-28-24)23(34)31-35)18-10-17-20(37-18)22(33-6-8-36-9-7-33)30-21(29-17)15-4-5-19(25-2)26-11-15/h4-5,10-14,35H,6-9H2,1-3H3,(H,25,26)(H,31,34)/t14-/m1/s1. The van der Waals surface area contributed by atoms with Crippen LogP contribution in [0.2, 0.25) is 0 Å². The van der Waals surface area contributed by atoms with Crippen LogP contribution in [-0.2, 0) is 4.74 Å². The first-order valence-corrected chi connectivity index (χ1v) is 12.6. The number of thiophene rings is 1. The molecule has 13 heteroatoms. The molecule has 0 radical (unpaired) electrons. The van der Waals surface area contributed by atoms with E-state index in [4.69, 9.17) is 19.9 Å². The highest BCUT2D eigenvalue weighted by atomic mass is 32.1. The number of carbonyl (C=O) groups excluding carboxylic acids is 1. The largest absolute Gasteiger partial charge is 0.378 e. The summed E-state index contributed by atoms with van der Waals surface area (Å²) < 4.78 is 6.58. The maximum atomic E-state index is 11.6. The lowest BCUT2D eigenvalue weighted by atomic mass is 10.2. The first-order valence-electron chi connectivity index (χ1n) is 11.8. The van der Waals surface area contributed by atoms with E-state index in [9.17, 15) is 4.79 Å². The van der Waals surface area contributed by atoms with Gasteiger partial charge in [-0.1, -0.05) is 0 Å². The number of aromatic nitrogens is 5. The number of rotatable bonds is 7. The minimum absolute atomic E-state index is 0.0747. The van der Waals surface area contributed by atoms with Crippen molar-refractivity contribution in [2.24, 2.45) is 0 Å². The molecule has 1 amide bonds. The van der Waals surface area contributed by atoms with Crippen molar-refractivity contribution in [2.45, 2.75) is 13.0 Å². The van der Waals surface area contributed by atoms with Gasteiger partial charge in [-0.3, -0.25) is 10.0 Å². The first-order chi connectivity index (χ1) is 18.0. The molecule has 5 rings (SSSR count). The Morgan fingerprint density at radius 3 is 2.57 bits per heavy atom. The maximum Gasteiger partial charge on any atom is 0.277 e. The van der Waals surface area contributed by atoms with E-state index in [1.54, 1.807) is 23.0 Å². The van der Waals surface area contributed by atoms with Gasteiger partial charge in [0.1, 0.15) is 5.82 Å². The lowest BCUT2D eigenvalue weighted by molar-refractivity contribution is 0.0705. The van der Waals surface area contributed by atoms with Gasteiger partial charge in [-0.05, 0) is 25.1 Å². The average Bonchev–Trinajstić information content (AvgIpc) is 3.40. The van der Waals surface area contributed by atoms with Gasteiger partial charge in [0.2, 0.25) is 5.95 Å². The van der Waals surface area contributed by atoms with E-state index in [0.29, 0.717) is 25.0 Å². The molecule has 1 aliphatic heterocycles. The van der Waals surface area contributed by atoms with Crippen LogP contribution >= 0.6 is 11.3 Å². The summed E-state index contributed by atoms with van der Waals surface area (Å²) >= 11 is 1.64. The van der Waals surface area contributed by atoms with Crippen LogP contribution in [0.25, 0.3) is 21.6 Å². The summed E-state index contributed by atoms with van der Waals surface area (Å²) in [6.07, 6.45) is 4.53. The van der Waals surface area contributed by atoms with Crippen LogP contribution in [0.4, 0.5) is 17.6 Å². The Kier molecular flexibility index (Phi) is 7.08. The predicted molar refractivity (Wildman–Crippen MR) is 141 cm³/mol. The molecule has 3 N–H and O–H groups in total. The lowest BCUT2D eigenvalue weighted by Gasteiger charge is -2.28. The van der Waals surface area contributed by atoms with Crippen LogP contribution in [-0.4, -0.2) is 76.4 Å². The molecule has 1 saturated heterocycles. The Labute approximate surface area is 217 Å². The van der Waals surface area contributed by atoms with E-state index in [-0.39, 0.29) is 11.6 Å². The molecule has 5 heterocycles. The van der Waals surface area contributed by atoms with Gasteiger partial charge < -0.3 is 19.9 Å². The number of carbonyl (C=O) groups is 1. The van der Waals surface area contributed by atoms with Crippen LogP contribution in [0.3, 0.4) is 0 Å². The monoisotopic (exact) mass is 521 g/mol. The van der Waals surface area contributed by atoms with Crippen molar-refractivity contribution in [3.63, 3.8) is 0 Å². The molecule has 192 valence electrons. The zero-order valence-corrected chi connectivity index (χ0v) is 21.5. The maximum absolute atomic E-state index is 11.6. The highest BCUT2D eigenvalue weighted by Crippen LogP contribution is 2.38. The van der Waals surface area contributed by atoms with E-state index >= 15 is 0 Å². The fourth-order valence-electron chi connectivity index (χ4n) is 3.98. The molecule has 1 atom stereocenters. The molecule has 12 nitrogen and oxygen atoms in total. The molecule has 0 unspecified atom stereocenters. The average molecular weight is 522 g/mol. The van der Waals surface area contributed by atoms with Crippen LogP contribution in [0.15, 0.2) is 36.8 Å². The number of nitrogens with one attached hydrogen (secondary N) is 2. The molecule has 0 aliphatic carbocycles. The number of ether oxygens (including phenoxy) is 1. The number of hydrogen-bond donors (Lipinski definition) is 3. The van der Waals surface area contributed by atoms with Gasteiger partial charge in [-0.25, -0.2) is 30.4 Å². The van der Waals surface area contributed by atoms with Crippen LogP contribution in [0.1, 0.15) is 28.2 Å². The van der Waals surface area contributed by atoms with Gasteiger partial charge in [-0.15, -0.1) is 11.3 Å². The second-order valence-corrected chi connectivity index (χ2v) is 9.60. The fraction of sp³-hybridized carbons (Fsp3) is 0.333. The summed E-state index contributed by atoms with van der Waals surface area (Å²) in [6, 6.07) is 5.88. The predicted octanol–water partition coefficient (Wildman–Crippen LogP) is 2.74. The first kappa shape index (κ1) is 24.7. The van der Waals surface area contributed by atoms with Crippen molar-refractivity contribution in [3.8, 4) is 11.4 Å². The zero-order chi connectivity index (χ0) is 25.9. The molecular weight excluding hydrogens is 494 g/mol. The van der Waals surface area contributed by atoms with Crippen molar-refractivity contribution < 1.29 is 14.7 Å². The molecule has 0 spiro atoms. The summed E-state index contributed by atoms with van der Waals surface area (Å²) in [5.74, 6) is 2.08. The Balaban J connectivity index is 1.51. The van der Waals surface area contributed by atoms with Gasteiger partial charge in [0, 0.05) is 56.2 Å². The molecule has 4 aromatic heterocycles. The van der Waals surface area contributed by atoms with Crippen molar-refractivity contribution >= 4 is 45.0 Å². The molecule has 4 aromatic rings. The smallest absolute Gasteiger partial charge is 0.277 e. The SMILES string of the molecule is CNc1ccc(-c2nc(N3CCOCC3)c3sc([C@@H](C)N(C)c4ncc(C(=O)NO)cn4)cc3n2)cn1. The summed E-state index contributed by atoms with van der Waals surface area (Å²) in [6.45, 7) is 4.88. The number of fused-ring (bicyclic) bond motifs is 1. The van der Waals surface area contributed by atoms with Crippen LogP contribution in [0, 0.1) is 0 Å². The summed E-state index contributed by atoms with van der Waals surface area (Å²) in [7, 11) is 3.72. The molecular formula is C24H27N9O3S. The third kappa shape index (κ3) is 5.01. The minimum atomic E-state index is -0.660. The van der Waals surface area contributed by atoms with E-state index in [0.717, 1.165) is 45.4 Å².